The van der Waals surface area contributed by atoms with Gasteiger partial charge < -0.3 is 10.5 Å². The van der Waals surface area contributed by atoms with Crippen molar-refractivity contribution >= 4 is 5.90 Å². The van der Waals surface area contributed by atoms with Crippen molar-refractivity contribution in [3.63, 3.8) is 0 Å². The molecule has 3 nitrogen and oxygen atoms in total. The van der Waals surface area contributed by atoms with Gasteiger partial charge in [-0.2, -0.15) is 0 Å². The Kier molecular flexibility index (Phi) is 6.99. The van der Waals surface area contributed by atoms with E-state index in [9.17, 15) is 0 Å². The molecule has 0 amide bonds. The molecule has 2 atom stereocenters. The minimum atomic E-state index is -0.120. The van der Waals surface area contributed by atoms with Crippen LogP contribution in [-0.2, 0) is 17.7 Å². The maximum atomic E-state index is 6.36. The molecule has 1 aliphatic rings. The van der Waals surface area contributed by atoms with Crippen LogP contribution < -0.4 is 5.73 Å². The van der Waals surface area contributed by atoms with E-state index in [1.54, 1.807) is 0 Å². The van der Waals surface area contributed by atoms with Gasteiger partial charge in [0, 0.05) is 12.1 Å². The molecule has 0 fully saturated rings. The highest BCUT2D eigenvalue weighted by Crippen LogP contribution is 2.34. The summed E-state index contributed by atoms with van der Waals surface area (Å²) in [6, 6.07) is 28.8. The third kappa shape index (κ3) is 4.49. The van der Waals surface area contributed by atoms with Crippen molar-refractivity contribution in [3.05, 3.63) is 107 Å². The molecule has 2 unspecified atom stereocenters. The predicted molar refractivity (Wildman–Crippen MR) is 116 cm³/mol. The van der Waals surface area contributed by atoms with Crippen LogP contribution in [0, 0.1) is 0 Å². The summed E-state index contributed by atoms with van der Waals surface area (Å²) in [6.45, 7) is 4.49. The van der Waals surface area contributed by atoms with E-state index in [1.807, 2.05) is 62.4 Å². The van der Waals surface area contributed by atoms with Crippen LogP contribution in [0.1, 0.15) is 42.2 Å². The summed E-state index contributed by atoms with van der Waals surface area (Å²) < 4.78 is 6.36. The van der Waals surface area contributed by atoms with E-state index in [2.05, 4.69) is 36.4 Å². The summed E-state index contributed by atoms with van der Waals surface area (Å²) in [5.41, 5.74) is 10.5. The van der Waals surface area contributed by atoms with E-state index in [-0.39, 0.29) is 12.1 Å². The summed E-state index contributed by atoms with van der Waals surface area (Å²) >= 11 is 0. The first-order chi connectivity index (χ1) is 13.8. The summed E-state index contributed by atoms with van der Waals surface area (Å²) in [5.74, 6) is 0.711. The Morgan fingerprint density at radius 1 is 0.821 bits per heavy atom. The molecule has 3 aromatic rings. The second kappa shape index (κ2) is 9.86. The first kappa shape index (κ1) is 19.8. The van der Waals surface area contributed by atoms with Crippen LogP contribution >= 0.6 is 0 Å². The van der Waals surface area contributed by atoms with Gasteiger partial charge in [0.1, 0.15) is 6.10 Å². The lowest BCUT2D eigenvalue weighted by Crippen LogP contribution is -2.19. The fourth-order valence-electron chi connectivity index (χ4n) is 3.45. The molecule has 3 heteroatoms. The second-order valence-electron chi connectivity index (χ2n) is 6.50. The van der Waals surface area contributed by atoms with Gasteiger partial charge in [-0.3, -0.25) is 0 Å². The summed E-state index contributed by atoms with van der Waals surface area (Å²) in [6.07, 6.45) is 0.714. The van der Waals surface area contributed by atoms with E-state index in [4.69, 9.17) is 15.5 Å². The van der Waals surface area contributed by atoms with Crippen LogP contribution in [0.25, 0.3) is 0 Å². The lowest BCUT2D eigenvalue weighted by molar-refractivity contribution is 0.194. The molecule has 144 valence electrons. The Labute approximate surface area is 167 Å². The van der Waals surface area contributed by atoms with Crippen molar-refractivity contribution in [1.29, 1.82) is 0 Å². The zero-order valence-electron chi connectivity index (χ0n) is 16.6. The first-order valence-corrected chi connectivity index (χ1v) is 9.97. The van der Waals surface area contributed by atoms with Crippen LogP contribution in [0.3, 0.4) is 0 Å². The third-order valence-electron chi connectivity index (χ3n) is 4.76. The van der Waals surface area contributed by atoms with Crippen LogP contribution in [0.5, 0.6) is 0 Å². The van der Waals surface area contributed by atoms with Gasteiger partial charge in [0.25, 0.3) is 0 Å². The Morgan fingerprint density at radius 3 is 2.11 bits per heavy atom. The monoisotopic (exact) mass is 372 g/mol. The molecular weight excluding hydrogens is 344 g/mol. The van der Waals surface area contributed by atoms with Crippen molar-refractivity contribution in [2.24, 2.45) is 10.7 Å². The van der Waals surface area contributed by atoms with Crippen LogP contribution in [0.4, 0.5) is 0 Å². The average molecular weight is 373 g/mol. The molecular formula is C25H28N2O. The van der Waals surface area contributed by atoms with Crippen molar-refractivity contribution < 1.29 is 4.74 Å². The second-order valence-corrected chi connectivity index (χ2v) is 6.50. The molecule has 0 spiro atoms. The van der Waals surface area contributed by atoms with Gasteiger partial charge >= 0.3 is 0 Å². The molecule has 4 rings (SSSR count). The summed E-state index contributed by atoms with van der Waals surface area (Å²) in [4.78, 5) is 4.94. The molecule has 0 aromatic heterocycles. The zero-order chi connectivity index (χ0) is 19.8. The maximum absolute atomic E-state index is 6.36. The molecule has 0 saturated carbocycles. The number of hydrogen-bond donors (Lipinski definition) is 1. The van der Waals surface area contributed by atoms with E-state index in [0.29, 0.717) is 12.4 Å². The molecule has 0 aliphatic carbocycles. The quantitative estimate of drug-likeness (QED) is 0.660. The number of rotatable bonds is 5. The van der Waals surface area contributed by atoms with Crippen molar-refractivity contribution in [3.8, 4) is 0 Å². The standard InChI is InChI=1S/C23H22N2O.C2H6/c24-16-19-13-7-8-14-20(19)22-21(15-17-9-3-1-4-10-17)25-23(26-22)18-11-5-2-6-12-18;1-2/h1-14,21-22H,15-16,24H2;1-2H3. The normalized spacial score (nSPS) is 17.9. The minimum Gasteiger partial charge on any atom is -0.467 e. The largest absolute Gasteiger partial charge is 0.467 e. The lowest BCUT2D eigenvalue weighted by atomic mass is 9.94. The number of nitrogens with two attached hydrogens (primary N) is 1. The average Bonchev–Trinajstić information content (AvgIpc) is 3.20. The number of ether oxygens (including phenoxy) is 1. The Hall–Kier alpha value is -2.91. The van der Waals surface area contributed by atoms with Crippen LogP contribution in [0.15, 0.2) is 89.9 Å². The zero-order valence-corrected chi connectivity index (χ0v) is 16.6. The molecule has 1 aliphatic heterocycles. The third-order valence-corrected chi connectivity index (χ3v) is 4.76. The Morgan fingerprint density at radius 2 is 1.43 bits per heavy atom. The molecule has 0 radical (unpaired) electrons. The fraction of sp³-hybridized carbons (Fsp3) is 0.240. The molecule has 0 bridgehead atoms. The predicted octanol–water partition coefficient (Wildman–Crippen LogP) is 5.30. The smallest absolute Gasteiger partial charge is 0.217 e. The number of nitrogens with zero attached hydrogens (tertiary/aromatic N) is 1. The van der Waals surface area contributed by atoms with Gasteiger partial charge in [-0.1, -0.05) is 86.6 Å². The highest BCUT2D eigenvalue weighted by Gasteiger charge is 2.34. The first-order valence-electron chi connectivity index (χ1n) is 9.97. The Balaban J connectivity index is 0.00000109. The topological polar surface area (TPSA) is 47.6 Å². The van der Waals surface area contributed by atoms with Gasteiger partial charge in [-0.05, 0) is 35.2 Å². The van der Waals surface area contributed by atoms with E-state index in [0.717, 1.165) is 23.1 Å². The maximum Gasteiger partial charge on any atom is 0.217 e. The molecule has 3 aromatic carbocycles. The number of aliphatic imine (C=N–C) groups is 1. The van der Waals surface area contributed by atoms with Crippen molar-refractivity contribution in [2.45, 2.75) is 39.0 Å². The fourth-order valence-corrected chi connectivity index (χ4v) is 3.45. The van der Waals surface area contributed by atoms with Gasteiger partial charge in [0.15, 0.2) is 0 Å². The van der Waals surface area contributed by atoms with E-state index in [1.165, 1.54) is 5.56 Å². The van der Waals surface area contributed by atoms with Crippen LogP contribution in [-0.4, -0.2) is 11.9 Å². The lowest BCUT2D eigenvalue weighted by Gasteiger charge is -2.20. The van der Waals surface area contributed by atoms with E-state index >= 15 is 0 Å². The van der Waals surface area contributed by atoms with Gasteiger partial charge in [-0.25, -0.2) is 4.99 Å². The van der Waals surface area contributed by atoms with Crippen molar-refractivity contribution in [2.75, 3.05) is 0 Å². The number of benzene rings is 3. The van der Waals surface area contributed by atoms with Gasteiger partial charge in [-0.15, -0.1) is 0 Å². The highest BCUT2D eigenvalue weighted by molar-refractivity contribution is 5.95. The molecule has 0 saturated heterocycles. The highest BCUT2D eigenvalue weighted by atomic mass is 16.5. The summed E-state index contributed by atoms with van der Waals surface area (Å²) in [7, 11) is 0. The van der Waals surface area contributed by atoms with Gasteiger partial charge in [0.05, 0.1) is 6.04 Å². The number of hydrogen-bond acceptors (Lipinski definition) is 3. The van der Waals surface area contributed by atoms with Crippen molar-refractivity contribution in [1.82, 2.24) is 0 Å². The molecule has 1 heterocycles. The SMILES string of the molecule is CC.NCc1ccccc1C1OC(c2ccccc2)=NC1Cc1ccccc1. The van der Waals surface area contributed by atoms with Crippen LogP contribution in [0.2, 0.25) is 0 Å². The minimum absolute atomic E-state index is 0.0281. The van der Waals surface area contributed by atoms with E-state index < -0.39 is 0 Å². The molecule has 28 heavy (non-hydrogen) atoms. The van der Waals surface area contributed by atoms with Gasteiger partial charge in [0.2, 0.25) is 5.90 Å². The Bertz CT molecular complexity index is 891. The molecule has 2 N–H and O–H groups in total. The summed E-state index contributed by atoms with van der Waals surface area (Å²) in [5, 5.41) is 0.